The van der Waals surface area contributed by atoms with E-state index in [2.05, 4.69) is 6.92 Å². The maximum Gasteiger partial charge on any atom is 0.133 e. The molecule has 5 atom stereocenters. The van der Waals surface area contributed by atoms with Gasteiger partial charge in [0.2, 0.25) is 0 Å². The van der Waals surface area contributed by atoms with E-state index in [0.717, 1.165) is 68.9 Å². The van der Waals surface area contributed by atoms with Gasteiger partial charge in [0.25, 0.3) is 0 Å². The molecule has 3 heteroatoms. The van der Waals surface area contributed by atoms with Crippen molar-refractivity contribution in [2.75, 3.05) is 0 Å². The van der Waals surface area contributed by atoms with Crippen molar-refractivity contribution in [1.82, 2.24) is 0 Å². The molecule has 0 amide bonds. The highest BCUT2D eigenvalue weighted by atomic mass is 19.1. The van der Waals surface area contributed by atoms with Crippen molar-refractivity contribution in [3.05, 3.63) is 46.8 Å². The second kappa shape index (κ2) is 7.40. The average molecular weight is 362 g/mol. The fraction of sp³-hybridized carbons (Fsp3) is 0.652. The molecule has 0 heterocycles. The van der Waals surface area contributed by atoms with Gasteiger partial charge in [-0.05, 0) is 105 Å². The van der Waals surface area contributed by atoms with Gasteiger partial charge in [-0.3, -0.25) is 0 Å². The molecule has 0 N–H and O–H groups in total. The predicted octanol–water partition coefficient (Wildman–Crippen LogP) is 6.87. The first-order chi connectivity index (χ1) is 12.6. The summed E-state index contributed by atoms with van der Waals surface area (Å²) >= 11 is 0. The van der Waals surface area contributed by atoms with Crippen molar-refractivity contribution in [1.29, 1.82) is 0 Å². The summed E-state index contributed by atoms with van der Waals surface area (Å²) in [4.78, 5) is 0. The number of hydrogen-bond donors (Lipinski definition) is 0. The lowest BCUT2D eigenvalue weighted by molar-refractivity contribution is 0.131. The van der Waals surface area contributed by atoms with Gasteiger partial charge in [-0.15, -0.1) is 0 Å². The van der Waals surface area contributed by atoms with Crippen molar-refractivity contribution >= 4 is 0 Å². The summed E-state index contributed by atoms with van der Waals surface area (Å²) in [5.41, 5.74) is 2.02. The normalized spacial score (nSPS) is 34.5. The largest absolute Gasteiger partial charge is 0.216 e. The number of fused-ring (bicyclic) bond motifs is 2. The van der Waals surface area contributed by atoms with Crippen molar-refractivity contribution in [2.24, 2.45) is 23.7 Å². The maximum atomic E-state index is 15.2. The Balaban J connectivity index is 1.54. The third-order valence-electron chi connectivity index (χ3n) is 7.31. The highest BCUT2D eigenvalue weighted by Gasteiger charge is 2.38. The second-order valence-corrected chi connectivity index (χ2v) is 8.99. The molecule has 26 heavy (non-hydrogen) atoms. The quantitative estimate of drug-likeness (QED) is 0.538. The van der Waals surface area contributed by atoms with Gasteiger partial charge in [-0.2, -0.15) is 0 Å². The van der Waals surface area contributed by atoms with Gasteiger partial charge in [-0.25, -0.2) is 13.2 Å². The first-order valence-corrected chi connectivity index (χ1v) is 10.3. The van der Waals surface area contributed by atoms with Crippen LogP contribution < -0.4 is 0 Å². The number of benzene rings is 1. The first-order valence-electron chi connectivity index (χ1n) is 10.3. The zero-order valence-electron chi connectivity index (χ0n) is 15.6. The molecule has 2 fully saturated rings. The molecule has 5 unspecified atom stereocenters. The summed E-state index contributed by atoms with van der Waals surface area (Å²) in [5.74, 6) is 1.42. The van der Waals surface area contributed by atoms with Gasteiger partial charge in [0, 0.05) is 5.56 Å². The summed E-state index contributed by atoms with van der Waals surface area (Å²) in [6, 6.07) is 1.62. The third kappa shape index (κ3) is 3.34. The summed E-state index contributed by atoms with van der Waals surface area (Å²) in [6.45, 7) is 2.16. The van der Waals surface area contributed by atoms with Gasteiger partial charge in [0.15, 0.2) is 0 Å². The lowest BCUT2D eigenvalue weighted by atomic mass is 9.63. The lowest BCUT2D eigenvalue weighted by Crippen LogP contribution is -2.30. The van der Waals surface area contributed by atoms with Gasteiger partial charge >= 0.3 is 0 Å². The summed E-state index contributed by atoms with van der Waals surface area (Å²) < 4.78 is 42.5. The lowest BCUT2D eigenvalue weighted by Gasteiger charge is -2.42. The van der Waals surface area contributed by atoms with Gasteiger partial charge in [-0.1, -0.05) is 13.0 Å². The highest BCUT2D eigenvalue weighted by molar-refractivity contribution is 5.39. The van der Waals surface area contributed by atoms with Crippen LogP contribution in [0.5, 0.6) is 0 Å². The Hall–Kier alpha value is -1.25. The molecule has 0 bridgehead atoms. The minimum absolute atomic E-state index is 0.00849. The molecule has 1 aromatic rings. The Labute approximate surface area is 154 Å². The van der Waals surface area contributed by atoms with Gasteiger partial charge < -0.3 is 0 Å². The standard InChI is InChI=1S/C23H29F3/c1-14-2-7-20-19(10-14)13-21(25)22(23(20)26)18-6-5-16-11-15(8-9-24)3-4-17(16)12-18/h8-9,13-18H,2-7,10-12H2,1H3/b9-8+. The Bertz CT molecular complexity index is 693. The van der Waals surface area contributed by atoms with Crippen LogP contribution in [0.25, 0.3) is 0 Å². The molecule has 1 aromatic carbocycles. The van der Waals surface area contributed by atoms with E-state index >= 15 is 4.39 Å². The highest BCUT2D eigenvalue weighted by Crippen LogP contribution is 2.49. The maximum absolute atomic E-state index is 15.2. The summed E-state index contributed by atoms with van der Waals surface area (Å²) in [6.07, 6.45) is 10.7. The van der Waals surface area contributed by atoms with Crippen molar-refractivity contribution in [3.8, 4) is 0 Å². The second-order valence-electron chi connectivity index (χ2n) is 8.99. The van der Waals surface area contributed by atoms with E-state index in [-0.39, 0.29) is 17.6 Å². The Kier molecular flexibility index (Phi) is 5.16. The Morgan fingerprint density at radius 3 is 2.58 bits per heavy atom. The fourth-order valence-corrected chi connectivity index (χ4v) is 5.89. The molecular weight excluding hydrogens is 333 g/mol. The SMILES string of the molecule is CC1CCc2c(cc(F)c(C3CCC4CC(/C=C/F)CCC4C3)c2F)C1. The molecular formula is C23H29F3. The van der Waals surface area contributed by atoms with Crippen LogP contribution in [0, 0.1) is 35.3 Å². The van der Waals surface area contributed by atoms with Gasteiger partial charge in [0.1, 0.15) is 11.6 Å². The Morgan fingerprint density at radius 1 is 1.00 bits per heavy atom. The molecule has 3 aliphatic carbocycles. The molecule has 2 saturated carbocycles. The fourth-order valence-electron chi connectivity index (χ4n) is 5.89. The van der Waals surface area contributed by atoms with E-state index in [4.69, 9.17) is 0 Å². The molecule has 0 spiro atoms. The molecule has 0 aliphatic heterocycles. The van der Waals surface area contributed by atoms with Crippen LogP contribution in [0.1, 0.15) is 74.5 Å². The van der Waals surface area contributed by atoms with Crippen LogP contribution in [0.3, 0.4) is 0 Å². The predicted molar refractivity (Wildman–Crippen MR) is 98.7 cm³/mol. The van der Waals surface area contributed by atoms with Crippen molar-refractivity contribution in [3.63, 3.8) is 0 Å². The molecule has 0 radical (unpaired) electrons. The van der Waals surface area contributed by atoms with E-state index in [9.17, 15) is 8.78 Å². The van der Waals surface area contributed by atoms with Crippen LogP contribution in [-0.2, 0) is 12.8 Å². The van der Waals surface area contributed by atoms with E-state index in [1.54, 1.807) is 12.1 Å². The van der Waals surface area contributed by atoms with Crippen LogP contribution in [0.2, 0.25) is 0 Å². The molecule has 3 aliphatic rings. The number of rotatable bonds is 2. The zero-order chi connectivity index (χ0) is 18.3. The van der Waals surface area contributed by atoms with Crippen molar-refractivity contribution < 1.29 is 13.2 Å². The number of halogens is 3. The van der Waals surface area contributed by atoms with E-state index < -0.39 is 0 Å². The molecule has 0 aromatic heterocycles. The molecule has 142 valence electrons. The zero-order valence-corrected chi connectivity index (χ0v) is 15.6. The third-order valence-corrected chi connectivity index (χ3v) is 7.31. The van der Waals surface area contributed by atoms with Crippen LogP contribution in [0.4, 0.5) is 13.2 Å². The minimum atomic E-state index is -0.326. The van der Waals surface area contributed by atoms with Crippen molar-refractivity contribution in [2.45, 2.75) is 70.6 Å². The summed E-state index contributed by atoms with van der Waals surface area (Å²) in [5, 5.41) is 0. The minimum Gasteiger partial charge on any atom is -0.216 e. The van der Waals surface area contributed by atoms with Crippen LogP contribution >= 0.6 is 0 Å². The first kappa shape index (κ1) is 18.1. The monoisotopic (exact) mass is 362 g/mol. The van der Waals surface area contributed by atoms with Gasteiger partial charge in [0.05, 0.1) is 6.33 Å². The number of allylic oxidation sites excluding steroid dienone is 1. The molecule has 0 nitrogen and oxygen atoms in total. The Morgan fingerprint density at radius 2 is 1.77 bits per heavy atom. The van der Waals surface area contributed by atoms with Crippen LogP contribution in [-0.4, -0.2) is 0 Å². The van der Waals surface area contributed by atoms with E-state index in [1.807, 2.05) is 0 Å². The van der Waals surface area contributed by atoms with Crippen LogP contribution in [0.15, 0.2) is 18.5 Å². The molecule has 4 rings (SSSR count). The summed E-state index contributed by atoms with van der Waals surface area (Å²) in [7, 11) is 0. The van der Waals surface area contributed by atoms with E-state index in [1.165, 1.54) is 0 Å². The molecule has 0 saturated heterocycles. The topological polar surface area (TPSA) is 0 Å². The average Bonchev–Trinajstić information content (AvgIpc) is 2.61. The smallest absolute Gasteiger partial charge is 0.133 e. The number of hydrogen-bond acceptors (Lipinski definition) is 0. The van der Waals surface area contributed by atoms with E-state index in [0.29, 0.717) is 35.6 Å².